The minimum Gasteiger partial charge on any atom is -0.367 e. The van der Waals surface area contributed by atoms with E-state index in [1.807, 2.05) is 0 Å². The minimum atomic E-state index is -4.63. The number of fused-ring (bicyclic) bond motifs is 1. The molecule has 3 aliphatic rings. The van der Waals surface area contributed by atoms with Gasteiger partial charge in [-0.05, 0) is 53.9 Å². The molecule has 0 radical (unpaired) electrons. The Labute approximate surface area is 248 Å². The van der Waals surface area contributed by atoms with Crippen molar-refractivity contribution in [3.05, 3.63) is 76.4 Å². The smallest absolute Gasteiger partial charge is 0.367 e. The summed E-state index contributed by atoms with van der Waals surface area (Å²) in [5.41, 5.74) is -0.755. The van der Waals surface area contributed by atoms with Gasteiger partial charge in [-0.2, -0.15) is 13.2 Å². The molecule has 2 fully saturated rings. The molecule has 0 aliphatic carbocycles. The Morgan fingerprint density at radius 1 is 1.14 bits per heavy atom. The van der Waals surface area contributed by atoms with Crippen molar-refractivity contribution in [2.45, 2.75) is 57.3 Å². The van der Waals surface area contributed by atoms with Gasteiger partial charge < -0.3 is 19.1 Å². The maximum Gasteiger partial charge on any atom is 0.416 e. The van der Waals surface area contributed by atoms with Crippen molar-refractivity contribution < 1.29 is 27.1 Å². The Morgan fingerprint density at radius 3 is 2.53 bits per heavy atom. The number of rotatable bonds is 7. The average Bonchev–Trinajstić information content (AvgIpc) is 3.51. The molecule has 3 unspecified atom stereocenters. The number of likely N-dealkylation sites (N-methyl/N-ethyl adjacent to an activating group) is 1. The van der Waals surface area contributed by atoms with Crippen LogP contribution in [0.15, 0.2) is 42.7 Å². The van der Waals surface area contributed by atoms with Crippen LogP contribution in [0.1, 0.15) is 64.9 Å². The predicted octanol–water partition coefficient (Wildman–Crippen LogP) is 5.09. The van der Waals surface area contributed by atoms with Gasteiger partial charge in [0.1, 0.15) is 11.9 Å². The Hall–Kier alpha value is -3.35. The molecule has 2 aromatic carbocycles. The molecular formula is C31H36F4N6O2. The van der Waals surface area contributed by atoms with E-state index in [2.05, 4.69) is 40.9 Å². The topological polar surface area (TPSA) is 66.7 Å². The molecule has 1 amide bonds. The minimum absolute atomic E-state index is 0.0394. The number of amides is 1. The first-order valence-corrected chi connectivity index (χ1v) is 14.6. The van der Waals surface area contributed by atoms with Gasteiger partial charge in [-0.3, -0.25) is 9.69 Å². The van der Waals surface area contributed by atoms with Crippen LogP contribution in [0.3, 0.4) is 0 Å². The lowest BCUT2D eigenvalue weighted by molar-refractivity contribution is -0.198. The van der Waals surface area contributed by atoms with Crippen molar-refractivity contribution in [2.24, 2.45) is 13.0 Å². The number of ether oxygens (including phenoxy) is 1. The second-order valence-corrected chi connectivity index (χ2v) is 12.3. The Balaban J connectivity index is 1.32. The summed E-state index contributed by atoms with van der Waals surface area (Å²) < 4.78 is 66.4. The molecule has 0 spiro atoms. The van der Waals surface area contributed by atoms with Gasteiger partial charge in [0.2, 0.25) is 0 Å². The summed E-state index contributed by atoms with van der Waals surface area (Å²) in [6.07, 6.45) is -4.47. The molecule has 1 aromatic heterocycles. The maximum atomic E-state index is 15.9. The summed E-state index contributed by atoms with van der Waals surface area (Å²) in [5, 5.41) is 7.69. The molecule has 4 heterocycles. The summed E-state index contributed by atoms with van der Waals surface area (Å²) in [7, 11) is 3.69. The number of piperazine rings is 1. The lowest BCUT2D eigenvalue weighted by Crippen LogP contribution is -2.53. The maximum absolute atomic E-state index is 15.9. The van der Waals surface area contributed by atoms with Crippen LogP contribution in [0.5, 0.6) is 0 Å². The van der Waals surface area contributed by atoms with E-state index >= 15 is 4.39 Å². The lowest BCUT2D eigenvalue weighted by Gasteiger charge is -2.44. The van der Waals surface area contributed by atoms with E-state index in [1.54, 1.807) is 37.4 Å². The molecular weight excluding hydrogens is 564 g/mol. The zero-order chi connectivity index (χ0) is 30.7. The fourth-order valence-corrected chi connectivity index (χ4v) is 6.64. The van der Waals surface area contributed by atoms with Gasteiger partial charge in [-0.15, -0.1) is 10.2 Å². The number of carbonyl (C=O) groups excluding carboxylic acids is 1. The first kappa shape index (κ1) is 29.7. The zero-order valence-corrected chi connectivity index (χ0v) is 24.7. The monoisotopic (exact) mass is 600 g/mol. The number of anilines is 1. The van der Waals surface area contributed by atoms with E-state index in [0.717, 1.165) is 19.6 Å². The highest BCUT2D eigenvalue weighted by Crippen LogP contribution is 2.50. The predicted molar refractivity (Wildman–Crippen MR) is 152 cm³/mol. The fourth-order valence-electron chi connectivity index (χ4n) is 6.64. The molecule has 230 valence electrons. The molecule has 43 heavy (non-hydrogen) atoms. The highest BCUT2D eigenvalue weighted by Gasteiger charge is 2.51. The Kier molecular flexibility index (Phi) is 7.58. The molecule has 0 N–H and O–H groups in total. The number of aryl methyl sites for hydroxylation is 1. The van der Waals surface area contributed by atoms with Crippen molar-refractivity contribution in [3.8, 4) is 0 Å². The summed E-state index contributed by atoms with van der Waals surface area (Å²) >= 11 is 0. The van der Waals surface area contributed by atoms with Crippen LogP contribution in [-0.2, 0) is 36.7 Å². The quantitative estimate of drug-likeness (QED) is 0.352. The van der Waals surface area contributed by atoms with Gasteiger partial charge in [0.15, 0.2) is 12.0 Å². The molecule has 6 rings (SSSR count). The van der Waals surface area contributed by atoms with Crippen molar-refractivity contribution in [3.63, 3.8) is 0 Å². The van der Waals surface area contributed by atoms with Crippen molar-refractivity contribution >= 4 is 11.6 Å². The van der Waals surface area contributed by atoms with Gasteiger partial charge in [-0.25, -0.2) is 4.39 Å². The number of aromatic nitrogens is 3. The third-order valence-corrected chi connectivity index (χ3v) is 9.16. The molecule has 3 aromatic rings. The van der Waals surface area contributed by atoms with Crippen LogP contribution < -0.4 is 4.90 Å². The first-order chi connectivity index (χ1) is 20.4. The SMILES string of the molecule is CC(C)C1CN(C)CCN1Cc1cc2c(c(C(F)(F)F)c1)CN(c1cccc(C3(C(F)c4nncn4C)CCO3)c1)C2=O. The third kappa shape index (κ3) is 5.23. The van der Waals surface area contributed by atoms with Crippen molar-refractivity contribution in [2.75, 3.05) is 38.2 Å². The van der Waals surface area contributed by atoms with Crippen LogP contribution in [0.4, 0.5) is 23.2 Å². The van der Waals surface area contributed by atoms with Gasteiger partial charge in [0.05, 0.1) is 18.7 Å². The van der Waals surface area contributed by atoms with Gasteiger partial charge in [-0.1, -0.05) is 26.0 Å². The van der Waals surface area contributed by atoms with Gasteiger partial charge in [0.25, 0.3) is 5.91 Å². The largest absolute Gasteiger partial charge is 0.416 e. The van der Waals surface area contributed by atoms with E-state index in [1.165, 1.54) is 21.9 Å². The highest BCUT2D eigenvalue weighted by atomic mass is 19.4. The Bertz CT molecular complexity index is 1520. The summed E-state index contributed by atoms with van der Waals surface area (Å²) in [6, 6.07) is 9.68. The third-order valence-electron chi connectivity index (χ3n) is 9.16. The van der Waals surface area contributed by atoms with E-state index in [-0.39, 0.29) is 29.5 Å². The zero-order valence-electron chi connectivity index (χ0n) is 24.7. The number of halogens is 4. The summed E-state index contributed by atoms with van der Waals surface area (Å²) in [4.78, 5) is 19.5. The second-order valence-electron chi connectivity index (χ2n) is 12.3. The number of hydrogen-bond donors (Lipinski definition) is 0. The molecule has 0 bridgehead atoms. The van der Waals surface area contributed by atoms with Crippen LogP contribution in [-0.4, -0.2) is 69.8 Å². The number of nitrogens with zero attached hydrogens (tertiary/aromatic N) is 6. The highest BCUT2D eigenvalue weighted by molar-refractivity contribution is 6.10. The van der Waals surface area contributed by atoms with Crippen LogP contribution in [0.2, 0.25) is 0 Å². The average molecular weight is 601 g/mol. The van der Waals surface area contributed by atoms with E-state index in [4.69, 9.17) is 4.74 Å². The lowest BCUT2D eigenvalue weighted by atomic mass is 9.81. The van der Waals surface area contributed by atoms with Crippen LogP contribution >= 0.6 is 0 Å². The molecule has 3 atom stereocenters. The standard InChI is InChI=1S/C31H36F4N6O2/c1-19(2)26-17-38(3)9-10-40(26)15-20-12-23-24(25(13-20)31(33,34)35)16-41(29(23)42)22-7-5-6-21(14-22)30(8-11-43-30)27(32)28-37-36-18-39(28)4/h5-7,12-14,18-19,26-27H,8-11,15-17H2,1-4H3. The summed E-state index contributed by atoms with van der Waals surface area (Å²) in [5.74, 6) is -0.0756. The fraction of sp³-hybridized carbons (Fsp3) is 0.516. The van der Waals surface area contributed by atoms with E-state index in [0.29, 0.717) is 42.3 Å². The van der Waals surface area contributed by atoms with Crippen molar-refractivity contribution in [1.82, 2.24) is 24.6 Å². The van der Waals surface area contributed by atoms with Gasteiger partial charge in [0, 0.05) is 56.9 Å². The number of benzene rings is 2. The number of carbonyl (C=O) groups is 1. The van der Waals surface area contributed by atoms with Gasteiger partial charge >= 0.3 is 6.18 Å². The molecule has 0 saturated carbocycles. The van der Waals surface area contributed by atoms with E-state index < -0.39 is 29.4 Å². The molecule has 3 aliphatic heterocycles. The summed E-state index contributed by atoms with van der Waals surface area (Å²) in [6.45, 7) is 7.07. The van der Waals surface area contributed by atoms with E-state index in [9.17, 15) is 18.0 Å². The number of hydrogen-bond acceptors (Lipinski definition) is 6. The molecule has 12 heteroatoms. The normalized spacial score (nSPS) is 24.0. The first-order valence-electron chi connectivity index (χ1n) is 14.6. The van der Waals surface area contributed by atoms with Crippen LogP contribution in [0.25, 0.3) is 0 Å². The second kappa shape index (κ2) is 11.0. The van der Waals surface area contributed by atoms with Crippen molar-refractivity contribution in [1.29, 1.82) is 0 Å². The molecule has 2 saturated heterocycles. The van der Waals surface area contributed by atoms with Crippen LogP contribution in [0, 0.1) is 5.92 Å². The Morgan fingerprint density at radius 2 is 1.91 bits per heavy atom. The molecule has 8 nitrogen and oxygen atoms in total. The number of alkyl halides is 4.